The number of amides is 2. The molecule has 0 aliphatic carbocycles. The third-order valence-electron chi connectivity index (χ3n) is 2.38. The summed E-state index contributed by atoms with van der Waals surface area (Å²) in [6.45, 7) is 3.25. The van der Waals surface area contributed by atoms with Gasteiger partial charge in [0.1, 0.15) is 0 Å². The lowest BCUT2D eigenvalue weighted by atomic mass is 10.1. The first kappa shape index (κ1) is 11.0. The molecular formula is C9H16N2O3. The Morgan fingerprint density at radius 2 is 2.43 bits per heavy atom. The van der Waals surface area contributed by atoms with E-state index in [1.807, 2.05) is 6.92 Å². The molecule has 1 rings (SSSR count). The number of likely N-dealkylation sites (tertiary alicyclic amines) is 1. The van der Waals surface area contributed by atoms with Crippen LogP contribution in [0.1, 0.15) is 13.3 Å². The summed E-state index contributed by atoms with van der Waals surface area (Å²) in [4.78, 5) is 24.4. The zero-order chi connectivity index (χ0) is 10.6. The number of rotatable bonds is 4. The maximum Gasteiger partial charge on any atom is 0.225 e. The fraction of sp³-hybridized carbons (Fsp3) is 0.778. The van der Waals surface area contributed by atoms with E-state index in [4.69, 9.17) is 5.11 Å². The average molecular weight is 200 g/mol. The van der Waals surface area contributed by atoms with Crippen molar-refractivity contribution >= 4 is 11.8 Å². The second-order valence-corrected chi connectivity index (χ2v) is 3.35. The Hall–Kier alpha value is -1.10. The Kier molecular flexibility index (Phi) is 3.88. The van der Waals surface area contributed by atoms with E-state index in [1.165, 1.54) is 0 Å². The van der Waals surface area contributed by atoms with Gasteiger partial charge in [-0.3, -0.25) is 9.59 Å². The molecule has 80 valence electrons. The molecule has 2 N–H and O–H groups in total. The minimum atomic E-state index is -0.242. The monoisotopic (exact) mass is 200 g/mol. The molecule has 1 atom stereocenters. The molecule has 1 saturated heterocycles. The minimum Gasteiger partial charge on any atom is -0.395 e. The van der Waals surface area contributed by atoms with Gasteiger partial charge in [-0.05, 0) is 6.92 Å². The molecule has 1 heterocycles. The van der Waals surface area contributed by atoms with Crippen LogP contribution >= 0.6 is 0 Å². The molecule has 5 nitrogen and oxygen atoms in total. The maximum atomic E-state index is 11.4. The van der Waals surface area contributed by atoms with E-state index < -0.39 is 0 Å². The summed E-state index contributed by atoms with van der Waals surface area (Å²) >= 11 is 0. The Balaban J connectivity index is 2.40. The van der Waals surface area contributed by atoms with E-state index in [1.54, 1.807) is 4.90 Å². The van der Waals surface area contributed by atoms with Crippen molar-refractivity contribution in [1.29, 1.82) is 0 Å². The predicted octanol–water partition coefficient (Wildman–Crippen LogP) is -1.04. The van der Waals surface area contributed by atoms with Crippen molar-refractivity contribution in [2.75, 3.05) is 26.2 Å². The number of nitrogens with one attached hydrogen (secondary N) is 1. The molecule has 0 saturated carbocycles. The fourth-order valence-electron chi connectivity index (χ4n) is 1.58. The lowest BCUT2D eigenvalue weighted by molar-refractivity contribution is -0.128. The van der Waals surface area contributed by atoms with Crippen LogP contribution < -0.4 is 5.32 Å². The van der Waals surface area contributed by atoms with Gasteiger partial charge in [0.2, 0.25) is 11.8 Å². The molecule has 1 fully saturated rings. The summed E-state index contributed by atoms with van der Waals surface area (Å²) in [7, 11) is 0. The first-order valence-corrected chi connectivity index (χ1v) is 4.85. The highest BCUT2D eigenvalue weighted by atomic mass is 16.3. The van der Waals surface area contributed by atoms with Crippen molar-refractivity contribution in [2.45, 2.75) is 13.3 Å². The molecule has 2 amide bonds. The van der Waals surface area contributed by atoms with E-state index >= 15 is 0 Å². The quantitative estimate of drug-likeness (QED) is 0.609. The van der Waals surface area contributed by atoms with Crippen LogP contribution in [0.25, 0.3) is 0 Å². The number of carbonyl (C=O) groups is 2. The predicted molar refractivity (Wildman–Crippen MR) is 50.5 cm³/mol. The first-order chi connectivity index (χ1) is 6.69. The number of hydrogen-bond donors (Lipinski definition) is 2. The molecule has 0 spiro atoms. The molecule has 1 unspecified atom stereocenters. The first-order valence-electron chi connectivity index (χ1n) is 4.85. The molecule has 0 aromatic heterocycles. The lowest BCUT2D eigenvalue weighted by Crippen LogP contribution is -2.34. The Morgan fingerprint density at radius 1 is 1.71 bits per heavy atom. The Bertz CT molecular complexity index is 230. The van der Waals surface area contributed by atoms with Crippen LogP contribution in [0.4, 0.5) is 0 Å². The summed E-state index contributed by atoms with van der Waals surface area (Å²) in [5.41, 5.74) is 0. The summed E-state index contributed by atoms with van der Waals surface area (Å²) < 4.78 is 0. The van der Waals surface area contributed by atoms with E-state index in [0.29, 0.717) is 19.5 Å². The number of aliphatic hydroxyl groups excluding tert-OH is 1. The van der Waals surface area contributed by atoms with Gasteiger partial charge in [-0.25, -0.2) is 0 Å². The molecule has 0 bridgehead atoms. The van der Waals surface area contributed by atoms with Crippen molar-refractivity contribution in [2.24, 2.45) is 5.92 Å². The van der Waals surface area contributed by atoms with Crippen molar-refractivity contribution in [3.63, 3.8) is 0 Å². The molecular weight excluding hydrogens is 184 g/mol. The molecule has 0 aromatic rings. The van der Waals surface area contributed by atoms with E-state index in [0.717, 1.165) is 0 Å². The molecule has 1 aliphatic heterocycles. The molecule has 0 radical (unpaired) electrons. The van der Waals surface area contributed by atoms with Gasteiger partial charge >= 0.3 is 0 Å². The number of aliphatic hydroxyl groups is 1. The normalized spacial score (nSPS) is 21.4. The highest BCUT2D eigenvalue weighted by Crippen LogP contribution is 2.16. The van der Waals surface area contributed by atoms with E-state index in [2.05, 4.69) is 5.32 Å². The van der Waals surface area contributed by atoms with Gasteiger partial charge in [0.25, 0.3) is 0 Å². The van der Waals surface area contributed by atoms with Gasteiger partial charge < -0.3 is 15.3 Å². The number of nitrogens with zero attached hydrogens (tertiary/aromatic N) is 1. The summed E-state index contributed by atoms with van der Waals surface area (Å²) in [5, 5.41) is 11.1. The van der Waals surface area contributed by atoms with Gasteiger partial charge in [-0.15, -0.1) is 0 Å². The smallest absolute Gasteiger partial charge is 0.225 e. The van der Waals surface area contributed by atoms with Crippen LogP contribution in [-0.2, 0) is 9.59 Å². The summed E-state index contributed by atoms with van der Waals surface area (Å²) in [6, 6.07) is 0. The van der Waals surface area contributed by atoms with Gasteiger partial charge in [0.05, 0.1) is 12.5 Å². The van der Waals surface area contributed by atoms with Crippen LogP contribution in [0.5, 0.6) is 0 Å². The number of hydrogen-bond acceptors (Lipinski definition) is 3. The maximum absolute atomic E-state index is 11.4. The van der Waals surface area contributed by atoms with Gasteiger partial charge in [0, 0.05) is 26.1 Å². The van der Waals surface area contributed by atoms with Crippen molar-refractivity contribution in [1.82, 2.24) is 10.2 Å². The van der Waals surface area contributed by atoms with Crippen LogP contribution in [-0.4, -0.2) is 48.1 Å². The Labute approximate surface area is 83.1 Å². The van der Waals surface area contributed by atoms with Crippen LogP contribution in [0.2, 0.25) is 0 Å². The van der Waals surface area contributed by atoms with Crippen molar-refractivity contribution < 1.29 is 14.7 Å². The third kappa shape index (κ3) is 2.45. The fourth-order valence-corrected chi connectivity index (χ4v) is 1.58. The van der Waals surface area contributed by atoms with E-state index in [-0.39, 0.29) is 30.9 Å². The molecule has 0 aromatic carbocycles. The minimum absolute atomic E-state index is 0.0386. The second kappa shape index (κ2) is 4.95. The van der Waals surface area contributed by atoms with Gasteiger partial charge in [0.15, 0.2) is 0 Å². The van der Waals surface area contributed by atoms with E-state index in [9.17, 15) is 9.59 Å². The zero-order valence-corrected chi connectivity index (χ0v) is 8.32. The zero-order valence-electron chi connectivity index (χ0n) is 8.32. The molecule has 5 heteroatoms. The summed E-state index contributed by atoms with van der Waals surface area (Å²) in [5.74, 6) is -0.339. The largest absolute Gasteiger partial charge is 0.395 e. The standard InChI is InChI=1S/C9H16N2O3/c1-2-11-6-7(5-8(11)13)9(14)10-3-4-12/h7,12H,2-6H2,1H3,(H,10,14). The van der Waals surface area contributed by atoms with Crippen LogP contribution in [0.3, 0.4) is 0 Å². The van der Waals surface area contributed by atoms with Crippen molar-refractivity contribution in [3.05, 3.63) is 0 Å². The van der Waals surface area contributed by atoms with Crippen LogP contribution in [0.15, 0.2) is 0 Å². The average Bonchev–Trinajstić information content (AvgIpc) is 2.56. The number of carbonyl (C=O) groups excluding carboxylic acids is 2. The lowest BCUT2D eigenvalue weighted by Gasteiger charge is -2.13. The molecule has 14 heavy (non-hydrogen) atoms. The second-order valence-electron chi connectivity index (χ2n) is 3.35. The SMILES string of the molecule is CCN1CC(C(=O)NCCO)CC1=O. The van der Waals surface area contributed by atoms with Crippen LogP contribution in [0, 0.1) is 5.92 Å². The highest BCUT2D eigenvalue weighted by Gasteiger charge is 2.32. The summed E-state index contributed by atoms with van der Waals surface area (Å²) in [6.07, 6.45) is 0.297. The molecule has 1 aliphatic rings. The highest BCUT2D eigenvalue weighted by molar-refractivity contribution is 5.89. The third-order valence-corrected chi connectivity index (χ3v) is 2.38. The van der Waals surface area contributed by atoms with Gasteiger partial charge in [-0.1, -0.05) is 0 Å². The Morgan fingerprint density at radius 3 is 2.93 bits per heavy atom. The van der Waals surface area contributed by atoms with Crippen molar-refractivity contribution in [3.8, 4) is 0 Å². The van der Waals surface area contributed by atoms with Gasteiger partial charge in [-0.2, -0.15) is 0 Å². The topological polar surface area (TPSA) is 69.6 Å².